The van der Waals surface area contributed by atoms with Crippen LogP contribution in [0.2, 0.25) is 0 Å². The molecule has 122 valence electrons. The molecule has 5 nitrogen and oxygen atoms in total. The smallest absolute Gasteiger partial charge is 0.238 e. The number of fused-ring (bicyclic) bond motifs is 3. The first-order valence-electron chi connectivity index (χ1n) is 7.39. The molecule has 6 heteroatoms. The highest BCUT2D eigenvalue weighted by Gasteiger charge is 2.49. The molecule has 1 unspecified atom stereocenters. The van der Waals surface area contributed by atoms with Gasteiger partial charge in [-0.25, -0.2) is 12.7 Å². The van der Waals surface area contributed by atoms with Gasteiger partial charge in [0.1, 0.15) is 0 Å². The summed E-state index contributed by atoms with van der Waals surface area (Å²) in [6.45, 7) is 1.72. The van der Waals surface area contributed by atoms with Gasteiger partial charge < -0.3 is 4.90 Å². The van der Waals surface area contributed by atoms with Crippen molar-refractivity contribution in [1.29, 1.82) is 0 Å². The maximum atomic E-state index is 12.9. The first-order valence-corrected chi connectivity index (χ1v) is 9.00. The lowest BCUT2D eigenvalue weighted by atomic mass is 9.85. The van der Waals surface area contributed by atoms with E-state index < -0.39 is 15.4 Å². The summed E-state index contributed by atoms with van der Waals surface area (Å²) in [6.07, 6.45) is 0. The van der Waals surface area contributed by atoms with Crippen molar-refractivity contribution in [1.82, 2.24) is 4.31 Å². The van der Waals surface area contributed by atoms with Gasteiger partial charge in [-0.3, -0.25) is 4.79 Å². The zero-order valence-corrected chi connectivity index (χ0v) is 14.5. The van der Waals surface area contributed by atoms with Crippen molar-refractivity contribution in [2.45, 2.75) is 12.3 Å². The van der Waals surface area contributed by atoms with Crippen LogP contribution < -0.4 is 4.90 Å². The number of sulfonamides is 1. The Morgan fingerprint density at radius 1 is 1.13 bits per heavy atom. The summed E-state index contributed by atoms with van der Waals surface area (Å²) in [5.41, 5.74) is 0.510. The van der Waals surface area contributed by atoms with E-state index in [9.17, 15) is 13.2 Å². The molecule has 3 rings (SSSR count). The van der Waals surface area contributed by atoms with Gasteiger partial charge in [-0.05, 0) is 17.9 Å². The molecule has 0 saturated heterocycles. The Balaban J connectivity index is 2.24. The fourth-order valence-electron chi connectivity index (χ4n) is 3.28. The SMILES string of the molecule is CN1C(=O)C(C)(CS(=O)(=O)N(C)C)c2ccc3ccccc3c21. The summed E-state index contributed by atoms with van der Waals surface area (Å²) in [6, 6.07) is 11.6. The Morgan fingerprint density at radius 3 is 2.43 bits per heavy atom. The van der Waals surface area contributed by atoms with Gasteiger partial charge in [0.2, 0.25) is 15.9 Å². The summed E-state index contributed by atoms with van der Waals surface area (Å²) in [4.78, 5) is 14.5. The minimum atomic E-state index is -3.51. The monoisotopic (exact) mass is 332 g/mol. The second-order valence-electron chi connectivity index (χ2n) is 6.42. The first-order chi connectivity index (χ1) is 10.7. The number of nitrogens with zero attached hydrogens (tertiary/aromatic N) is 2. The van der Waals surface area contributed by atoms with E-state index in [1.165, 1.54) is 18.4 Å². The number of carbonyl (C=O) groups is 1. The molecule has 0 radical (unpaired) electrons. The number of hydrogen-bond acceptors (Lipinski definition) is 3. The summed E-state index contributed by atoms with van der Waals surface area (Å²) in [7, 11) is 1.18. The maximum absolute atomic E-state index is 12.9. The van der Waals surface area contributed by atoms with Crippen molar-refractivity contribution < 1.29 is 13.2 Å². The van der Waals surface area contributed by atoms with Crippen LogP contribution in [0.4, 0.5) is 5.69 Å². The van der Waals surface area contributed by atoms with E-state index in [1.54, 1.807) is 18.9 Å². The van der Waals surface area contributed by atoms with Crippen LogP contribution in [0.15, 0.2) is 36.4 Å². The first kappa shape index (κ1) is 16.0. The second-order valence-corrected chi connectivity index (χ2v) is 8.60. The van der Waals surface area contributed by atoms with Gasteiger partial charge >= 0.3 is 0 Å². The number of anilines is 1. The van der Waals surface area contributed by atoms with E-state index in [2.05, 4.69) is 0 Å². The van der Waals surface area contributed by atoms with Crippen LogP contribution in [0.1, 0.15) is 12.5 Å². The van der Waals surface area contributed by atoms with E-state index in [-0.39, 0.29) is 11.7 Å². The van der Waals surface area contributed by atoms with Crippen LogP contribution in [-0.4, -0.2) is 45.5 Å². The van der Waals surface area contributed by atoms with Gasteiger partial charge in [-0.2, -0.15) is 0 Å². The highest BCUT2D eigenvalue weighted by atomic mass is 32.2. The van der Waals surface area contributed by atoms with Crippen LogP contribution in [0.25, 0.3) is 10.8 Å². The van der Waals surface area contributed by atoms with Gasteiger partial charge in [0.15, 0.2) is 0 Å². The molecule has 23 heavy (non-hydrogen) atoms. The molecule has 1 aliphatic rings. The fraction of sp³-hybridized carbons (Fsp3) is 0.353. The number of rotatable bonds is 3. The van der Waals surface area contributed by atoms with Gasteiger partial charge in [-0.15, -0.1) is 0 Å². The van der Waals surface area contributed by atoms with E-state index >= 15 is 0 Å². The number of likely N-dealkylation sites (N-methyl/N-ethyl adjacent to an activating group) is 1. The molecule has 0 spiro atoms. The zero-order chi connectivity index (χ0) is 17.0. The van der Waals surface area contributed by atoms with Gasteiger partial charge in [0, 0.05) is 26.5 Å². The number of benzene rings is 2. The van der Waals surface area contributed by atoms with Gasteiger partial charge in [-0.1, -0.05) is 36.4 Å². The van der Waals surface area contributed by atoms with Crippen LogP contribution in [-0.2, 0) is 20.2 Å². The lowest BCUT2D eigenvalue weighted by Gasteiger charge is -2.25. The van der Waals surface area contributed by atoms with Crippen LogP contribution in [0.3, 0.4) is 0 Å². The Bertz CT molecular complexity index is 905. The molecule has 1 amide bonds. The standard InChI is InChI=1S/C17H20N2O3S/c1-17(11-23(21,22)18(2)3)14-10-9-12-7-5-6-8-13(12)15(14)19(4)16(17)20/h5-10H,11H2,1-4H3. The van der Waals surface area contributed by atoms with Crippen molar-refractivity contribution in [3.63, 3.8) is 0 Å². The fourth-order valence-corrected chi connectivity index (χ4v) is 4.55. The molecule has 1 atom stereocenters. The quantitative estimate of drug-likeness (QED) is 0.863. The zero-order valence-electron chi connectivity index (χ0n) is 13.7. The molecule has 2 aromatic rings. The molecule has 1 aliphatic heterocycles. The average molecular weight is 332 g/mol. The largest absolute Gasteiger partial charge is 0.314 e. The summed E-state index contributed by atoms with van der Waals surface area (Å²) in [5, 5.41) is 2.00. The lowest BCUT2D eigenvalue weighted by molar-refractivity contribution is -0.121. The Labute approximate surface area is 136 Å². The normalized spacial score (nSPS) is 21.3. The summed E-state index contributed by atoms with van der Waals surface area (Å²) in [5.74, 6) is -0.420. The Hall–Kier alpha value is -1.92. The Morgan fingerprint density at radius 2 is 1.78 bits per heavy atom. The number of carbonyl (C=O) groups excluding carboxylic acids is 1. The highest BCUT2D eigenvalue weighted by Crippen LogP contribution is 2.45. The minimum Gasteiger partial charge on any atom is -0.314 e. The predicted octanol–water partition coefficient (Wildman–Crippen LogP) is 1.97. The van der Waals surface area contributed by atoms with E-state index in [0.29, 0.717) is 0 Å². The third-order valence-corrected chi connectivity index (χ3v) is 6.69. The molecule has 0 aliphatic carbocycles. The van der Waals surface area contributed by atoms with E-state index in [1.807, 2.05) is 36.4 Å². The Kier molecular flexibility index (Phi) is 3.50. The molecular formula is C17H20N2O3S. The molecule has 0 N–H and O–H groups in total. The van der Waals surface area contributed by atoms with E-state index in [4.69, 9.17) is 0 Å². The second kappa shape index (κ2) is 5.04. The van der Waals surface area contributed by atoms with Crippen LogP contribution in [0.5, 0.6) is 0 Å². The van der Waals surface area contributed by atoms with Crippen LogP contribution >= 0.6 is 0 Å². The molecule has 0 fully saturated rings. The molecule has 2 aromatic carbocycles. The molecule has 0 saturated carbocycles. The van der Waals surface area contributed by atoms with Crippen LogP contribution in [0, 0.1) is 0 Å². The number of hydrogen-bond donors (Lipinski definition) is 0. The molecule has 0 bridgehead atoms. The lowest BCUT2D eigenvalue weighted by Crippen LogP contribution is -2.44. The van der Waals surface area contributed by atoms with Gasteiger partial charge in [0.05, 0.1) is 16.9 Å². The molecule has 0 aromatic heterocycles. The summed E-state index contributed by atoms with van der Waals surface area (Å²) >= 11 is 0. The van der Waals surface area contributed by atoms with Crippen molar-refractivity contribution in [3.8, 4) is 0 Å². The summed E-state index contributed by atoms with van der Waals surface area (Å²) < 4.78 is 25.9. The predicted molar refractivity (Wildman–Crippen MR) is 92.2 cm³/mol. The maximum Gasteiger partial charge on any atom is 0.238 e. The minimum absolute atomic E-state index is 0.186. The van der Waals surface area contributed by atoms with E-state index in [0.717, 1.165) is 22.0 Å². The van der Waals surface area contributed by atoms with Crippen molar-refractivity contribution >= 4 is 32.4 Å². The van der Waals surface area contributed by atoms with Crippen molar-refractivity contribution in [2.75, 3.05) is 31.8 Å². The topological polar surface area (TPSA) is 57.7 Å². The van der Waals surface area contributed by atoms with Crippen molar-refractivity contribution in [3.05, 3.63) is 42.0 Å². The molecular weight excluding hydrogens is 312 g/mol. The third kappa shape index (κ3) is 2.24. The van der Waals surface area contributed by atoms with Crippen molar-refractivity contribution in [2.24, 2.45) is 0 Å². The third-order valence-electron chi connectivity index (χ3n) is 4.63. The highest BCUT2D eigenvalue weighted by molar-refractivity contribution is 7.89. The molecule has 1 heterocycles. The number of amides is 1. The average Bonchev–Trinajstić information content (AvgIpc) is 2.68. The van der Waals surface area contributed by atoms with Gasteiger partial charge in [0.25, 0.3) is 0 Å².